The van der Waals surface area contributed by atoms with Gasteiger partial charge < -0.3 is 15.2 Å². The second-order valence-electron chi connectivity index (χ2n) is 4.01. The molecular weight excluding hydrogens is 190 g/mol. The zero-order valence-electron chi connectivity index (χ0n) is 9.19. The van der Waals surface area contributed by atoms with Crippen molar-refractivity contribution in [2.24, 2.45) is 11.7 Å². The maximum Gasteiger partial charge on any atom is 0.164 e. The van der Waals surface area contributed by atoms with Crippen LogP contribution in [0.2, 0.25) is 0 Å². The molecule has 1 aromatic carbocycles. The molecule has 1 aromatic rings. The van der Waals surface area contributed by atoms with E-state index in [0.29, 0.717) is 25.0 Å². The molecule has 0 amide bonds. The zero-order valence-corrected chi connectivity index (χ0v) is 9.19. The van der Waals surface area contributed by atoms with Crippen molar-refractivity contribution in [1.29, 1.82) is 0 Å². The first-order valence-corrected chi connectivity index (χ1v) is 5.27. The first-order chi connectivity index (χ1) is 7.27. The summed E-state index contributed by atoms with van der Waals surface area (Å²) >= 11 is 0. The Morgan fingerprint density at radius 1 is 1.60 bits per heavy atom. The summed E-state index contributed by atoms with van der Waals surface area (Å²) in [5, 5.41) is 0. The van der Waals surface area contributed by atoms with Crippen LogP contribution in [-0.4, -0.2) is 20.3 Å². The Labute approximate surface area is 90.2 Å². The van der Waals surface area contributed by atoms with Gasteiger partial charge in [0.1, 0.15) is 0 Å². The van der Waals surface area contributed by atoms with E-state index in [1.807, 2.05) is 12.1 Å². The molecule has 0 fully saturated rings. The van der Waals surface area contributed by atoms with Gasteiger partial charge in [0.25, 0.3) is 0 Å². The smallest absolute Gasteiger partial charge is 0.164 e. The Balaban J connectivity index is 2.35. The molecule has 3 heteroatoms. The minimum absolute atomic E-state index is 0.403. The van der Waals surface area contributed by atoms with E-state index in [0.717, 1.165) is 11.5 Å². The summed E-state index contributed by atoms with van der Waals surface area (Å²) in [5.74, 6) is 2.56. The summed E-state index contributed by atoms with van der Waals surface area (Å²) < 4.78 is 10.9. The minimum atomic E-state index is 0.403. The molecule has 0 aliphatic carbocycles. The monoisotopic (exact) mass is 207 g/mol. The van der Waals surface area contributed by atoms with E-state index >= 15 is 0 Å². The first-order valence-electron chi connectivity index (χ1n) is 5.27. The molecule has 0 saturated carbocycles. The Morgan fingerprint density at radius 3 is 3.07 bits per heavy atom. The number of fused-ring (bicyclic) bond motifs is 1. The second kappa shape index (κ2) is 4.11. The molecule has 2 atom stereocenters. The number of ether oxygens (including phenoxy) is 2. The predicted octanol–water partition coefficient (Wildman–Crippen LogP) is 1.77. The van der Waals surface area contributed by atoms with Crippen LogP contribution in [0, 0.1) is 5.92 Å². The summed E-state index contributed by atoms with van der Waals surface area (Å²) in [6.07, 6.45) is 0. The van der Waals surface area contributed by atoms with Gasteiger partial charge in [0.15, 0.2) is 11.5 Å². The third kappa shape index (κ3) is 1.67. The molecule has 0 bridgehead atoms. The average Bonchev–Trinajstić information content (AvgIpc) is 2.71. The largest absolute Gasteiger partial charge is 0.493 e. The van der Waals surface area contributed by atoms with Crippen molar-refractivity contribution >= 4 is 0 Å². The van der Waals surface area contributed by atoms with Crippen molar-refractivity contribution in [2.45, 2.75) is 12.8 Å². The van der Waals surface area contributed by atoms with E-state index in [1.54, 1.807) is 7.11 Å². The minimum Gasteiger partial charge on any atom is -0.493 e. The van der Waals surface area contributed by atoms with Crippen LogP contribution in [0.5, 0.6) is 11.5 Å². The third-order valence-electron chi connectivity index (χ3n) is 3.09. The molecule has 2 rings (SSSR count). The highest BCUT2D eigenvalue weighted by Gasteiger charge is 2.30. The summed E-state index contributed by atoms with van der Waals surface area (Å²) in [6.45, 7) is 3.56. The van der Waals surface area contributed by atoms with Gasteiger partial charge in [0, 0.05) is 11.5 Å². The summed E-state index contributed by atoms with van der Waals surface area (Å²) in [4.78, 5) is 0. The van der Waals surface area contributed by atoms with Gasteiger partial charge in [-0.15, -0.1) is 0 Å². The molecule has 1 aliphatic heterocycles. The molecule has 1 aliphatic rings. The van der Waals surface area contributed by atoms with E-state index in [2.05, 4.69) is 13.0 Å². The van der Waals surface area contributed by atoms with Crippen molar-refractivity contribution < 1.29 is 9.47 Å². The Bertz CT molecular complexity index is 351. The number of nitrogens with two attached hydrogens (primary N) is 1. The lowest BCUT2D eigenvalue weighted by molar-refractivity contribution is 0.286. The van der Waals surface area contributed by atoms with Crippen molar-refractivity contribution in [3.05, 3.63) is 23.8 Å². The summed E-state index contributed by atoms with van der Waals surface area (Å²) in [6, 6.07) is 6.03. The standard InChI is InChI=1S/C12H17NO2/c1-8(6-13)10-7-15-12-9(10)4-3-5-11(12)14-2/h3-5,8,10H,6-7,13H2,1-2H3. The molecule has 2 unspecified atom stereocenters. The van der Waals surface area contributed by atoms with Gasteiger partial charge in [-0.05, 0) is 18.5 Å². The molecule has 2 N–H and O–H groups in total. The molecule has 0 aromatic heterocycles. The van der Waals surface area contributed by atoms with Crippen molar-refractivity contribution in [1.82, 2.24) is 0 Å². The Hall–Kier alpha value is -1.22. The van der Waals surface area contributed by atoms with Crippen LogP contribution in [0.3, 0.4) is 0 Å². The van der Waals surface area contributed by atoms with Gasteiger partial charge in [0.05, 0.1) is 13.7 Å². The van der Waals surface area contributed by atoms with Crippen molar-refractivity contribution in [2.75, 3.05) is 20.3 Å². The number of hydrogen-bond acceptors (Lipinski definition) is 3. The fourth-order valence-corrected chi connectivity index (χ4v) is 2.04. The van der Waals surface area contributed by atoms with E-state index in [9.17, 15) is 0 Å². The summed E-state index contributed by atoms with van der Waals surface area (Å²) in [5.41, 5.74) is 6.92. The van der Waals surface area contributed by atoms with Gasteiger partial charge in [-0.2, -0.15) is 0 Å². The topological polar surface area (TPSA) is 44.5 Å². The number of hydrogen-bond donors (Lipinski definition) is 1. The van der Waals surface area contributed by atoms with Crippen LogP contribution in [0.4, 0.5) is 0 Å². The van der Waals surface area contributed by atoms with Gasteiger partial charge in [-0.25, -0.2) is 0 Å². The maximum absolute atomic E-state index is 5.69. The van der Waals surface area contributed by atoms with Gasteiger partial charge in [-0.1, -0.05) is 19.1 Å². The number of para-hydroxylation sites is 1. The zero-order chi connectivity index (χ0) is 10.8. The molecule has 1 heterocycles. The van der Waals surface area contributed by atoms with Crippen molar-refractivity contribution in [3.8, 4) is 11.5 Å². The fourth-order valence-electron chi connectivity index (χ4n) is 2.04. The number of rotatable bonds is 3. The molecule has 82 valence electrons. The van der Waals surface area contributed by atoms with Crippen LogP contribution in [0.15, 0.2) is 18.2 Å². The number of benzene rings is 1. The normalized spacial score (nSPS) is 20.6. The lowest BCUT2D eigenvalue weighted by Crippen LogP contribution is -2.20. The number of methoxy groups -OCH3 is 1. The lowest BCUT2D eigenvalue weighted by Gasteiger charge is -2.15. The summed E-state index contributed by atoms with van der Waals surface area (Å²) in [7, 11) is 1.67. The molecule has 15 heavy (non-hydrogen) atoms. The van der Waals surface area contributed by atoms with Crippen LogP contribution >= 0.6 is 0 Å². The lowest BCUT2D eigenvalue weighted by atomic mass is 9.89. The molecule has 3 nitrogen and oxygen atoms in total. The van der Waals surface area contributed by atoms with Gasteiger partial charge in [0.2, 0.25) is 0 Å². The van der Waals surface area contributed by atoms with E-state index in [4.69, 9.17) is 15.2 Å². The van der Waals surface area contributed by atoms with Crippen LogP contribution in [0.25, 0.3) is 0 Å². The van der Waals surface area contributed by atoms with Crippen molar-refractivity contribution in [3.63, 3.8) is 0 Å². The van der Waals surface area contributed by atoms with E-state index in [1.165, 1.54) is 5.56 Å². The highest BCUT2D eigenvalue weighted by atomic mass is 16.5. The molecular formula is C12H17NO2. The SMILES string of the molecule is COc1cccc2c1OCC2C(C)CN. The van der Waals surface area contributed by atoms with Gasteiger partial charge in [-0.3, -0.25) is 0 Å². The van der Waals surface area contributed by atoms with Crippen LogP contribution in [-0.2, 0) is 0 Å². The van der Waals surface area contributed by atoms with E-state index < -0.39 is 0 Å². The quantitative estimate of drug-likeness (QED) is 0.821. The third-order valence-corrected chi connectivity index (χ3v) is 3.09. The Morgan fingerprint density at radius 2 is 2.40 bits per heavy atom. The average molecular weight is 207 g/mol. The fraction of sp³-hybridized carbons (Fsp3) is 0.500. The van der Waals surface area contributed by atoms with Gasteiger partial charge >= 0.3 is 0 Å². The first kappa shape index (κ1) is 10.3. The van der Waals surface area contributed by atoms with Crippen LogP contribution in [0.1, 0.15) is 18.4 Å². The second-order valence-corrected chi connectivity index (χ2v) is 4.01. The maximum atomic E-state index is 5.69. The molecule has 0 spiro atoms. The Kier molecular flexibility index (Phi) is 2.82. The predicted molar refractivity (Wildman–Crippen MR) is 59.4 cm³/mol. The van der Waals surface area contributed by atoms with Crippen LogP contribution < -0.4 is 15.2 Å². The van der Waals surface area contributed by atoms with E-state index in [-0.39, 0.29) is 0 Å². The highest BCUT2D eigenvalue weighted by molar-refractivity contribution is 5.50. The molecule has 0 saturated heterocycles. The molecule has 0 radical (unpaired) electrons. The highest BCUT2D eigenvalue weighted by Crippen LogP contribution is 2.43.